The molecule has 0 radical (unpaired) electrons. The van der Waals surface area contributed by atoms with Crippen molar-refractivity contribution < 1.29 is 22.7 Å². The molecular weight excluding hydrogens is 261 g/mol. The van der Waals surface area contributed by atoms with E-state index in [9.17, 15) is 18.0 Å². The third-order valence-electron chi connectivity index (χ3n) is 3.70. The number of nitrogens with one attached hydrogen (secondary N) is 2. The van der Waals surface area contributed by atoms with Crippen LogP contribution in [0.1, 0.15) is 25.7 Å². The highest BCUT2D eigenvalue weighted by Crippen LogP contribution is 2.37. The van der Waals surface area contributed by atoms with E-state index in [1.54, 1.807) is 0 Å². The number of carbonyl (C=O) groups is 1. The Morgan fingerprint density at radius 3 is 2.74 bits per heavy atom. The van der Waals surface area contributed by atoms with Gasteiger partial charge >= 0.3 is 6.18 Å². The lowest BCUT2D eigenvalue weighted by Gasteiger charge is -2.32. The van der Waals surface area contributed by atoms with Gasteiger partial charge in [-0.25, -0.2) is 0 Å². The zero-order chi connectivity index (χ0) is 13.9. The quantitative estimate of drug-likeness (QED) is 0.799. The van der Waals surface area contributed by atoms with E-state index in [2.05, 4.69) is 10.6 Å². The molecule has 3 unspecified atom stereocenters. The average Bonchev–Trinajstić information content (AvgIpc) is 2.39. The molecule has 4 nitrogen and oxygen atoms in total. The molecule has 110 valence electrons. The third-order valence-corrected chi connectivity index (χ3v) is 3.70. The Bertz CT molecular complexity index is 317. The fourth-order valence-electron chi connectivity index (χ4n) is 2.65. The van der Waals surface area contributed by atoms with Crippen molar-refractivity contribution in [1.82, 2.24) is 10.6 Å². The van der Waals surface area contributed by atoms with Crippen LogP contribution in [0.2, 0.25) is 0 Å². The van der Waals surface area contributed by atoms with Crippen LogP contribution in [-0.2, 0) is 9.53 Å². The van der Waals surface area contributed by atoms with Crippen LogP contribution in [0.4, 0.5) is 13.2 Å². The number of morpholine rings is 1. The monoisotopic (exact) mass is 280 g/mol. The fourth-order valence-corrected chi connectivity index (χ4v) is 2.65. The molecule has 1 saturated heterocycles. The van der Waals surface area contributed by atoms with Gasteiger partial charge in [0.25, 0.3) is 5.91 Å². The zero-order valence-corrected chi connectivity index (χ0v) is 10.6. The summed E-state index contributed by atoms with van der Waals surface area (Å²) in [5, 5.41) is 5.71. The summed E-state index contributed by atoms with van der Waals surface area (Å²) in [6.45, 7) is 1.57. The van der Waals surface area contributed by atoms with Gasteiger partial charge in [-0.15, -0.1) is 0 Å². The summed E-state index contributed by atoms with van der Waals surface area (Å²) in [4.78, 5) is 11.9. The molecule has 0 aromatic rings. The van der Waals surface area contributed by atoms with Crippen LogP contribution < -0.4 is 10.6 Å². The van der Waals surface area contributed by atoms with Gasteiger partial charge in [-0.3, -0.25) is 4.79 Å². The summed E-state index contributed by atoms with van der Waals surface area (Å²) in [5.41, 5.74) is 0. The Kier molecular flexibility index (Phi) is 4.67. The summed E-state index contributed by atoms with van der Waals surface area (Å²) in [6, 6.07) is -0.390. The van der Waals surface area contributed by atoms with Crippen LogP contribution >= 0.6 is 0 Å². The molecule has 2 aliphatic rings. The van der Waals surface area contributed by atoms with E-state index < -0.39 is 24.2 Å². The molecule has 3 atom stereocenters. The normalized spacial score (nSPS) is 32.9. The van der Waals surface area contributed by atoms with E-state index >= 15 is 0 Å². The molecular formula is C12H19F3N2O2. The molecule has 0 aromatic carbocycles. The molecule has 0 aromatic heterocycles. The lowest BCUT2D eigenvalue weighted by Crippen LogP contribution is -2.51. The SMILES string of the molecule is O=C(NC1CCCC(C(F)(F)F)C1)C1CNCCO1. The second-order valence-corrected chi connectivity index (χ2v) is 5.17. The van der Waals surface area contributed by atoms with Crippen LogP contribution in [-0.4, -0.2) is 43.9 Å². The minimum atomic E-state index is -4.16. The largest absolute Gasteiger partial charge is 0.391 e. The maximum Gasteiger partial charge on any atom is 0.391 e. The molecule has 1 aliphatic heterocycles. The number of halogens is 3. The maximum absolute atomic E-state index is 12.7. The first-order valence-electron chi connectivity index (χ1n) is 6.66. The fraction of sp³-hybridized carbons (Fsp3) is 0.917. The summed E-state index contributed by atoms with van der Waals surface area (Å²) in [7, 11) is 0. The van der Waals surface area contributed by atoms with Crippen molar-refractivity contribution in [3.63, 3.8) is 0 Å². The van der Waals surface area contributed by atoms with E-state index in [0.717, 1.165) is 0 Å². The van der Waals surface area contributed by atoms with Crippen molar-refractivity contribution in [3.05, 3.63) is 0 Å². The molecule has 7 heteroatoms. The number of ether oxygens (including phenoxy) is 1. The number of hydrogen-bond donors (Lipinski definition) is 2. The predicted molar refractivity (Wildman–Crippen MR) is 62.6 cm³/mol. The molecule has 1 amide bonds. The minimum absolute atomic E-state index is 0.0185. The second kappa shape index (κ2) is 6.09. The zero-order valence-electron chi connectivity index (χ0n) is 10.6. The van der Waals surface area contributed by atoms with Crippen LogP contribution in [0.15, 0.2) is 0 Å². The van der Waals surface area contributed by atoms with Gasteiger partial charge in [0.15, 0.2) is 0 Å². The van der Waals surface area contributed by atoms with Gasteiger partial charge in [-0.2, -0.15) is 13.2 Å². The molecule has 0 spiro atoms. The van der Waals surface area contributed by atoms with Gasteiger partial charge < -0.3 is 15.4 Å². The first kappa shape index (κ1) is 14.6. The van der Waals surface area contributed by atoms with Crippen molar-refractivity contribution in [1.29, 1.82) is 0 Å². The standard InChI is InChI=1S/C12H19F3N2O2/c13-12(14,15)8-2-1-3-9(6-8)17-11(18)10-7-16-4-5-19-10/h8-10,16H,1-7H2,(H,17,18). The second-order valence-electron chi connectivity index (χ2n) is 5.17. The lowest BCUT2D eigenvalue weighted by atomic mass is 9.85. The molecule has 0 bridgehead atoms. The molecule has 1 saturated carbocycles. The van der Waals surface area contributed by atoms with E-state index in [1.807, 2.05) is 0 Å². The Hall–Kier alpha value is -0.820. The van der Waals surface area contributed by atoms with E-state index in [4.69, 9.17) is 4.74 Å². The summed E-state index contributed by atoms with van der Waals surface area (Å²) in [5.74, 6) is -1.60. The average molecular weight is 280 g/mol. The van der Waals surface area contributed by atoms with Crippen LogP contribution in [0.5, 0.6) is 0 Å². The highest BCUT2D eigenvalue weighted by atomic mass is 19.4. The Morgan fingerprint density at radius 1 is 1.32 bits per heavy atom. The molecule has 2 rings (SSSR count). The molecule has 2 fully saturated rings. The lowest BCUT2D eigenvalue weighted by molar-refractivity contribution is -0.184. The highest BCUT2D eigenvalue weighted by Gasteiger charge is 2.42. The highest BCUT2D eigenvalue weighted by molar-refractivity contribution is 5.81. The van der Waals surface area contributed by atoms with Gasteiger partial charge in [0.1, 0.15) is 6.10 Å². The van der Waals surface area contributed by atoms with Crippen LogP contribution in [0, 0.1) is 5.92 Å². The Balaban J connectivity index is 1.83. The van der Waals surface area contributed by atoms with Crippen molar-refractivity contribution in [2.75, 3.05) is 19.7 Å². The van der Waals surface area contributed by atoms with Crippen molar-refractivity contribution in [3.8, 4) is 0 Å². The number of rotatable bonds is 2. The molecule has 1 heterocycles. The molecule has 19 heavy (non-hydrogen) atoms. The Labute approximate surface area is 110 Å². The third kappa shape index (κ3) is 4.07. The summed E-state index contributed by atoms with van der Waals surface area (Å²) < 4.78 is 43.3. The molecule has 2 N–H and O–H groups in total. The first-order valence-corrected chi connectivity index (χ1v) is 6.66. The summed E-state index contributed by atoms with van der Waals surface area (Å²) >= 11 is 0. The number of hydrogen-bond acceptors (Lipinski definition) is 3. The van der Waals surface area contributed by atoms with Crippen molar-refractivity contribution in [2.24, 2.45) is 5.92 Å². The summed E-state index contributed by atoms with van der Waals surface area (Å²) in [6.07, 6.45) is -3.49. The van der Waals surface area contributed by atoms with E-state index in [1.165, 1.54) is 0 Å². The van der Waals surface area contributed by atoms with Crippen molar-refractivity contribution >= 4 is 5.91 Å². The topological polar surface area (TPSA) is 50.4 Å². The van der Waals surface area contributed by atoms with Crippen molar-refractivity contribution in [2.45, 2.75) is 44.0 Å². The van der Waals surface area contributed by atoms with Crippen LogP contribution in [0.25, 0.3) is 0 Å². The predicted octanol–water partition coefficient (Wildman–Crippen LogP) is 1.21. The number of carbonyl (C=O) groups excluding carboxylic acids is 1. The first-order chi connectivity index (χ1) is 8.97. The van der Waals surface area contributed by atoms with E-state index in [-0.39, 0.29) is 18.7 Å². The van der Waals surface area contributed by atoms with Gasteiger partial charge in [-0.1, -0.05) is 6.42 Å². The van der Waals surface area contributed by atoms with Gasteiger partial charge in [-0.05, 0) is 19.3 Å². The molecule has 1 aliphatic carbocycles. The number of alkyl halides is 3. The van der Waals surface area contributed by atoms with E-state index in [0.29, 0.717) is 32.5 Å². The van der Waals surface area contributed by atoms with Crippen LogP contribution in [0.3, 0.4) is 0 Å². The number of amides is 1. The Morgan fingerprint density at radius 2 is 2.11 bits per heavy atom. The maximum atomic E-state index is 12.7. The van der Waals surface area contributed by atoms with Gasteiger partial charge in [0.05, 0.1) is 12.5 Å². The minimum Gasteiger partial charge on any atom is -0.366 e. The van der Waals surface area contributed by atoms with Gasteiger partial charge in [0, 0.05) is 19.1 Å². The smallest absolute Gasteiger partial charge is 0.366 e. The van der Waals surface area contributed by atoms with Gasteiger partial charge in [0.2, 0.25) is 0 Å².